The molecule has 1 aliphatic rings. The minimum Gasteiger partial charge on any atom is -0.481 e. The van der Waals surface area contributed by atoms with Gasteiger partial charge in [0, 0.05) is 5.56 Å². The number of rotatable bonds is 8. The van der Waals surface area contributed by atoms with Crippen LogP contribution in [0.15, 0.2) is 54.2 Å². The molecule has 3 rings (SSSR count). The summed E-state index contributed by atoms with van der Waals surface area (Å²) in [5.74, 6) is -1.10. The highest BCUT2D eigenvalue weighted by Gasteiger charge is 2.40. The fraction of sp³-hybridized carbons (Fsp3) is 0.250. The Bertz CT molecular complexity index is 1100. The zero-order valence-corrected chi connectivity index (χ0v) is 19.4. The smallest absolute Gasteiger partial charge is 0.343 e. The number of hydrogen-bond donors (Lipinski definition) is 0. The van der Waals surface area contributed by atoms with Gasteiger partial charge in [0.25, 0.3) is 5.91 Å². The average molecular weight is 469 g/mol. The highest BCUT2D eigenvalue weighted by molar-refractivity contribution is 7.80. The Morgan fingerprint density at radius 3 is 2.30 bits per heavy atom. The summed E-state index contributed by atoms with van der Waals surface area (Å²) in [6, 6.07) is 14.4. The Morgan fingerprint density at radius 2 is 1.67 bits per heavy atom. The Labute approximate surface area is 197 Å². The van der Waals surface area contributed by atoms with Gasteiger partial charge in [0.1, 0.15) is 18.0 Å². The minimum atomic E-state index is -0.547. The molecule has 0 unspecified atom stereocenters. The topological polar surface area (TPSA) is 85.4 Å². The molecule has 1 fully saturated rings. The van der Waals surface area contributed by atoms with Crippen LogP contribution < -0.4 is 9.64 Å². The van der Waals surface area contributed by atoms with Gasteiger partial charge in [-0.15, -0.1) is 0 Å². The lowest BCUT2D eigenvalue weighted by Gasteiger charge is -2.19. The molecule has 0 radical (unpaired) electrons. The fourth-order valence-corrected chi connectivity index (χ4v) is 3.56. The van der Waals surface area contributed by atoms with E-state index in [1.54, 1.807) is 30.3 Å². The maximum Gasteiger partial charge on any atom is 0.343 e. The number of para-hydroxylation sites is 1. The predicted octanol–water partition coefficient (Wildman–Crippen LogP) is 2.95. The first kappa shape index (κ1) is 23.9. The molecular formula is C24H24N2O6S. The summed E-state index contributed by atoms with van der Waals surface area (Å²) in [5, 5.41) is 0.161. The van der Waals surface area contributed by atoms with Gasteiger partial charge in [0.2, 0.25) is 0 Å². The lowest BCUT2D eigenvalue weighted by molar-refractivity contribution is -0.143. The largest absolute Gasteiger partial charge is 0.481 e. The summed E-state index contributed by atoms with van der Waals surface area (Å²) in [4.78, 5) is 39.8. The van der Waals surface area contributed by atoms with E-state index in [2.05, 4.69) is 4.74 Å². The second-order valence-electron chi connectivity index (χ2n) is 7.04. The first-order chi connectivity index (χ1) is 15.9. The van der Waals surface area contributed by atoms with Crippen LogP contribution in [0.5, 0.6) is 5.75 Å². The van der Waals surface area contributed by atoms with Crippen LogP contribution in [0.2, 0.25) is 0 Å². The molecule has 0 aliphatic carbocycles. The quantitative estimate of drug-likeness (QED) is 0.332. The van der Waals surface area contributed by atoms with Crippen molar-refractivity contribution >= 4 is 46.9 Å². The molecule has 1 heterocycles. The third-order valence-corrected chi connectivity index (χ3v) is 5.44. The van der Waals surface area contributed by atoms with Crippen molar-refractivity contribution in [3.05, 3.63) is 65.4 Å². The number of carbonyl (C=O) groups is 3. The number of anilines is 1. The fourth-order valence-electron chi connectivity index (χ4n) is 3.21. The zero-order valence-electron chi connectivity index (χ0n) is 18.6. The zero-order chi connectivity index (χ0) is 24.0. The lowest BCUT2D eigenvalue weighted by Crippen LogP contribution is -2.35. The maximum atomic E-state index is 13.4. The molecule has 0 aromatic heterocycles. The third-order valence-electron chi connectivity index (χ3n) is 5.04. The van der Waals surface area contributed by atoms with Crippen LogP contribution in [-0.2, 0) is 30.3 Å². The average Bonchev–Trinajstić information content (AvgIpc) is 3.06. The summed E-state index contributed by atoms with van der Waals surface area (Å²) >= 11 is 5.57. The van der Waals surface area contributed by atoms with Gasteiger partial charge in [0.15, 0.2) is 11.7 Å². The number of methoxy groups -OCH3 is 2. The lowest BCUT2D eigenvalue weighted by atomic mass is 10.1. The number of benzene rings is 2. The van der Waals surface area contributed by atoms with Crippen molar-refractivity contribution in [1.82, 2.24) is 4.90 Å². The van der Waals surface area contributed by atoms with Crippen molar-refractivity contribution in [2.24, 2.45) is 0 Å². The molecule has 172 valence electrons. The summed E-state index contributed by atoms with van der Waals surface area (Å²) in [6.45, 7) is 1.52. The van der Waals surface area contributed by atoms with Gasteiger partial charge >= 0.3 is 11.9 Å². The van der Waals surface area contributed by atoms with Crippen molar-refractivity contribution in [3.8, 4) is 5.75 Å². The molecule has 1 saturated heterocycles. The van der Waals surface area contributed by atoms with Crippen LogP contribution in [0.25, 0.3) is 6.08 Å². The molecule has 33 heavy (non-hydrogen) atoms. The van der Waals surface area contributed by atoms with E-state index < -0.39 is 17.8 Å². The van der Waals surface area contributed by atoms with Crippen LogP contribution in [0.3, 0.4) is 0 Å². The first-order valence-corrected chi connectivity index (χ1v) is 10.6. The second kappa shape index (κ2) is 10.7. The molecule has 0 N–H and O–H groups in total. The number of hydrogen-bond acceptors (Lipinski definition) is 7. The Balaban J connectivity index is 2.01. The standard InChI is InChI=1S/C24H24N2O6S/c1-4-16-9-11-18(12-10-16)26-23(29)19(25(24(26)33)14-21(27)30-2)13-17-7-5-6-8-20(17)32-15-22(28)31-3/h5-13H,4,14-15H2,1-3H3. The van der Waals surface area contributed by atoms with Gasteiger partial charge in [0.05, 0.1) is 19.9 Å². The van der Waals surface area contributed by atoms with Crippen molar-refractivity contribution in [2.75, 3.05) is 32.3 Å². The molecule has 9 heteroatoms. The molecule has 2 aromatic carbocycles. The van der Waals surface area contributed by atoms with E-state index in [4.69, 9.17) is 21.7 Å². The highest BCUT2D eigenvalue weighted by atomic mass is 32.1. The number of carbonyl (C=O) groups excluding carboxylic acids is 3. The van der Waals surface area contributed by atoms with Gasteiger partial charge in [-0.3, -0.25) is 14.5 Å². The van der Waals surface area contributed by atoms with E-state index in [1.807, 2.05) is 31.2 Å². The number of aryl methyl sites for hydroxylation is 1. The molecule has 1 aliphatic heterocycles. The van der Waals surface area contributed by atoms with Crippen LogP contribution >= 0.6 is 12.2 Å². The minimum absolute atomic E-state index is 0.161. The molecule has 1 amide bonds. The van der Waals surface area contributed by atoms with E-state index in [0.29, 0.717) is 17.0 Å². The predicted molar refractivity (Wildman–Crippen MR) is 127 cm³/mol. The van der Waals surface area contributed by atoms with Gasteiger partial charge in [-0.1, -0.05) is 37.3 Å². The Kier molecular flexibility index (Phi) is 7.78. The molecule has 0 bridgehead atoms. The van der Waals surface area contributed by atoms with Crippen molar-refractivity contribution in [2.45, 2.75) is 13.3 Å². The SMILES string of the molecule is CCc1ccc(N2C(=O)C(=Cc3ccccc3OCC(=O)OC)N(CC(=O)OC)C2=S)cc1. The first-order valence-electron chi connectivity index (χ1n) is 10.2. The van der Waals surface area contributed by atoms with Crippen LogP contribution in [-0.4, -0.2) is 55.2 Å². The number of ether oxygens (including phenoxy) is 3. The van der Waals surface area contributed by atoms with Gasteiger partial charge in [-0.05, 0) is 48.5 Å². The molecule has 8 nitrogen and oxygen atoms in total. The Morgan fingerprint density at radius 1 is 1.00 bits per heavy atom. The van der Waals surface area contributed by atoms with Crippen LogP contribution in [0, 0.1) is 0 Å². The van der Waals surface area contributed by atoms with E-state index in [9.17, 15) is 14.4 Å². The molecule has 0 atom stereocenters. The van der Waals surface area contributed by atoms with Crippen molar-refractivity contribution < 1.29 is 28.6 Å². The normalized spacial score (nSPS) is 14.6. The van der Waals surface area contributed by atoms with Crippen LogP contribution in [0.1, 0.15) is 18.1 Å². The maximum absolute atomic E-state index is 13.4. The van der Waals surface area contributed by atoms with E-state index in [1.165, 1.54) is 24.0 Å². The molecule has 2 aromatic rings. The summed E-state index contributed by atoms with van der Waals surface area (Å²) in [5.41, 5.74) is 2.43. The summed E-state index contributed by atoms with van der Waals surface area (Å²) < 4.78 is 15.0. The molecule has 0 spiro atoms. The van der Waals surface area contributed by atoms with E-state index in [-0.39, 0.29) is 24.0 Å². The second-order valence-corrected chi connectivity index (χ2v) is 7.40. The number of thiocarbonyl (C=S) groups is 1. The highest BCUT2D eigenvalue weighted by Crippen LogP contribution is 2.31. The molecular weight excluding hydrogens is 444 g/mol. The monoisotopic (exact) mass is 468 g/mol. The summed E-state index contributed by atoms with van der Waals surface area (Å²) in [6.07, 6.45) is 2.44. The van der Waals surface area contributed by atoms with E-state index >= 15 is 0 Å². The van der Waals surface area contributed by atoms with Gasteiger partial charge in [-0.2, -0.15) is 0 Å². The Hall–Kier alpha value is -3.72. The van der Waals surface area contributed by atoms with Crippen molar-refractivity contribution in [3.63, 3.8) is 0 Å². The van der Waals surface area contributed by atoms with Crippen molar-refractivity contribution in [1.29, 1.82) is 0 Å². The van der Waals surface area contributed by atoms with Gasteiger partial charge in [-0.25, -0.2) is 4.79 Å². The number of amides is 1. The third kappa shape index (κ3) is 5.38. The van der Waals surface area contributed by atoms with Crippen LogP contribution in [0.4, 0.5) is 5.69 Å². The summed E-state index contributed by atoms with van der Waals surface area (Å²) in [7, 11) is 2.54. The van der Waals surface area contributed by atoms with E-state index in [0.717, 1.165) is 12.0 Å². The van der Waals surface area contributed by atoms with Gasteiger partial charge < -0.3 is 19.1 Å². The number of esters is 2. The molecule has 0 saturated carbocycles. The number of nitrogens with zero attached hydrogens (tertiary/aromatic N) is 2.